The Kier molecular flexibility index (Phi) is 3.35. The van der Waals surface area contributed by atoms with Crippen LogP contribution in [0.5, 0.6) is 0 Å². The van der Waals surface area contributed by atoms with Crippen molar-refractivity contribution in [2.24, 2.45) is 0 Å². The molecule has 112 valence electrons. The van der Waals surface area contributed by atoms with Gasteiger partial charge in [-0.3, -0.25) is 9.69 Å². The fourth-order valence-electron chi connectivity index (χ4n) is 4.51. The van der Waals surface area contributed by atoms with E-state index < -0.39 is 0 Å². The molecule has 2 heterocycles. The second kappa shape index (κ2) is 5.22. The topological polar surface area (TPSA) is 40.5 Å². The van der Waals surface area contributed by atoms with Gasteiger partial charge in [-0.15, -0.1) is 0 Å². The largest absolute Gasteiger partial charge is 0.393 e. The minimum atomic E-state index is -0.158. The molecule has 1 N–H and O–H groups in total. The van der Waals surface area contributed by atoms with Gasteiger partial charge in [-0.25, -0.2) is 0 Å². The van der Waals surface area contributed by atoms with Crippen LogP contribution in [0.2, 0.25) is 0 Å². The van der Waals surface area contributed by atoms with Crippen LogP contribution in [0, 0.1) is 0 Å². The predicted molar refractivity (Wildman–Crippen MR) is 81.6 cm³/mol. The molecule has 1 aromatic rings. The molecular weight excluding hydrogens is 262 g/mol. The maximum Gasteiger partial charge on any atom is 0.176 e. The van der Waals surface area contributed by atoms with E-state index in [1.54, 1.807) is 0 Å². The zero-order chi connectivity index (χ0) is 14.4. The first kappa shape index (κ1) is 13.5. The smallest absolute Gasteiger partial charge is 0.176 e. The highest BCUT2D eigenvalue weighted by Crippen LogP contribution is 2.35. The van der Waals surface area contributed by atoms with Crippen molar-refractivity contribution in [1.29, 1.82) is 0 Å². The number of benzene rings is 1. The van der Waals surface area contributed by atoms with Crippen LogP contribution in [0.25, 0.3) is 0 Å². The Bertz CT molecular complexity index is 554. The van der Waals surface area contributed by atoms with Crippen molar-refractivity contribution in [2.45, 2.75) is 63.1 Å². The lowest BCUT2D eigenvalue weighted by molar-refractivity contribution is 0.0344. The first-order valence-corrected chi connectivity index (χ1v) is 8.29. The summed E-state index contributed by atoms with van der Waals surface area (Å²) < 4.78 is 0. The maximum absolute atomic E-state index is 12.6. The number of piperidine rings is 1. The van der Waals surface area contributed by atoms with E-state index in [0.717, 1.165) is 44.1 Å². The Morgan fingerprint density at radius 3 is 2.62 bits per heavy atom. The van der Waals surface area contributed by atoms with Gasteiger partial charge < -0.3 is 5.11 Å². The molecule has 3 nitrogen and oxygen atoms in total. The molecule has 2 unspecified atom stereocenters. The van der Waals surface area contributed by atoms with Gasteiger partial charge in [0.1, 0.15) is 0 Å². The van der Waals surface area contributed by atoms with Crippen molar-refractivity contribution >= 4 is 5.78 Å². The second-order valence-corrected chi connectivity index (χ2v) is 6.94. The van der Waals surface area contributed by atoms with E-state index in [0.29, 0.717) is 18.6 Å². The zero-order valence-corrected chi connectivity index (χ0v) is 12.4. The SMILES string of the molecule is O=C(CN1C2CCC1CC(O)C2)c1ccc2c(c1)CCC2. The zero-order valence-electron chi connectivity index (χ0n) is 12.4. The van der Waals surface area contributed by atoms with E-state index >= 15 is 0 Å². The van der Waals surface area contributed by atoms with Crippen LogP contribution in [0.15, 0.2) is 18.2 Å². The van der Waals surface area contributed by atoms with E-state index in [1.807, 2.05) is 6.07 Å². The van der Waals surface area contributed by atoms with Crippen LogP contribution >= 0.6 is 0 Å². The minimum absolute atomic E-state index is 0.158. The summed E-state index contributed by atoms with van der Waals surface area (Å²) in [7, 11) is 0. The van der Waals surface area contributed by atoms with Crippen molar-refractivity contribution in [3.8, 4) is 0 Å². The number of nitrogens with zero attached hydrogens (tertiary/aromatic N) is 1. The molecule has 2 bridgehead atoms. The van der Waals surface area contributed by atoms with Gasteiger partial charge >= 0.3 is 0 Å². The molecule has 2 atom stereocenters. The summed E-state index contributed by atoms with van der Waals surface area (Å²) in [5, 5.41) is 9.85. The van der Waals surface area contributed by atoms with E-state index in [-0.39, 0.29) is 11.9 Å². The molecule has 3 aliphatic rings. The number of Topliss-reactive ketones (excluding diaryl/α,β-unsaturated/α-hetero) is 1. The standard InChI is InChI=1S/C18H23NO2/c20-17-9-15-6-7-16(10-17)19(15)11-18(21)14-5-4-12-2-1-3-13(12)8-14/h4-5,8,15-17,20H,1-3,6-7,9-11H2. The number of ketones is 1. The lowest BCUT2D eigenvalue weighted by Gasteiger charge is -2.36. The quantitative estimate of drug-likeness (QED) is 0.867. The number of rotatable bonds is 3. The molecule has 0 saturated carbocycles. The van der Waals surface area contributed by atoms with Crippen molar-refractivity contribution in [1.82, 2.24) is 4.90 Å². The van der Waals surface area contributed by atoms with Crippen LogP contribution in [0.4, 0.5) is 0 Å². The third-order valence-electron chi connectivity index (χ3n) is 5.61. The van der Waals surface area contributed by atoms with Crippen LogP contribution < -0.4 is 0 Å². The average Bonchev–Trinajstić information content (AvgIpc) is 3.02. The average molecular weight is 285 g/mol. The summed E-state index contributed by atoms with van der Waals surface area (Å²) in [6, 6.07) is 7.09. The highest BCUT2D eigenvalue weighted by Gasteiger charge is 2.40. The summed E-state index contributed by atoms with van der Waals surface area (Å²) in [6.07, 6.45) is 7.31. The van der Waals surface area contributed by atoms with Crippen molar-refractivity contribution < 1.29 is 9.90 Å². The monoisotopic (exact) mass is 285 g/mol. The predicted octanol–water partition coefficient (Wildman–Crippen LogP) is 2.35. The Labute approximate surface area is 126 Å². The number of hydrogen-bond acceptors (Lipinski definition) is 3. The van der Waals surface area contributed by atoms with Gasteiger partial charge in [-0.1, -0.05) is 12.1 Å². The lowest BCUT2D eigenvalue weighted by atomic mass is 9.98. The number of fused-ring (bicyclic) bond motifs is 3. The normalized spacial score (nSPS) is 31.4. The first-order valence-electron chi connectivity index (χ1n) is 8.29. The van der Waals surface area contributed by atoms with E-state index in [9.17, 15) is 9.90 Å². The highest BCUT2D eigenvalue weighted by molar-refractivity contribution is 5.98. The Hall–Kier alpha value is -1.19. The summed E-state index contributed by atoms with van der Waals surface area (Å²) in [6.45, 7) is 0.529. The van der Waals surface area contributed by atoms with Crippen molar-refractivity contribution in [2.75, 3.05) is 6.54 Å². The molecule has 3 heteroatoms. The van der Waals surface area contributed by atoms with Crippen molar-refractivity contribution in [3.63, 3.8) is 0 Å². The summed E-state index contributed by atoms with van der Waals surface area (Å²) in [4.78, 5) is 15.0. The Balaban J connectivity index is 1.49. The molecule has 2 fully saturated rings. The highest BCUT2D eigenvalue weighted by atomic mass is 16.3. The molecule has 1 aliphatic carbocycles. The van der Waals surface area contributed by atoms with E-state index in [2.05, 4.69) is 17.0 Å². The third kappa shape index (κ3) is 2.43. The van der Waals surface area contributed by atoms with Gasteiger partial charge in [0.2, 0.25) is 0 Å². The Morgan fingerprint density at radius 2 is 1.86 bits per heavy atom. The molecular formula is C18H23NO2. The van der Waals surface area contributed by atoms with Gasteiger partial charge in [0.25, 0.3) is 0 Å². The van der Waals surface area contributed by atoms with Gasteiger partial charge in [0, 0.05) is 17.6 Å². The van der Waals surface area contributed by atoms with Crippen molar-refractivity contribution in [3.05, 3.63) is 34.9 Å². The molecule has 0 radical (unpaired) electrons. The first-order chi connectivity index (χ1) is 10.2. The number of carbonyl (C=O) groups excluding carboxylic acids is 1. The van der Waals surface area contributed by atoms with Gasteiger partial charge in [0.15, 0.2) is 5.78 Å². The van der Waals surface area contributed by atoms with E-state index in [4.69, 9.17) is 0 Å². The minimum Gasteiger partial charge on any atom is -0.393 e. The maximum atomic E-state index is 12.6. The number of carbonyl (C=O) groups is 1. The molecule has 4 rings (SSSR count). The number of hydrogen-bond donors (Lipinski definition) is 1. The molecule has 2 saturated heterocycles. The second-order valence-electron chi connectivity index (χ2n) is 6.94. The fourth-order valence-corrected chi connectivity index (χ4v) is 4.51. The molecule has 21 heavy (non-hydrogen) atoms. The number of aliphatic hydroxyl groups is 1. The van der Waals surface area contributed by atoms with Gasteiger partial charge in [0.05, 0.1) is 12.6 Å². The fraction of sp³-hybridized carbons (Fsp3) is 0.611. The summed E-state index contributed by atoms with van der Waals surface area (Å²) in [5.41, 5.74) is 3.67. The van der Waals surface area contributed by atoms with Crippen LogP contribution in [0.1, 0.15) is 53.6 Å². The molecule has 0 spiro atoms. The third-order valence-corrected chi connectivity index (χ3v) is 5.61. The molecule has 2 aliphatic heterocycles. The van der Waals surface area contributed by atoms with Crippen LogP contribution in [-0.2, 0) is 12.8 Å². The van der Waals surface area contributed by atoms with Gasteiger partial charge in [-0.2, -0.15) is 0 Å². The van der Waals surface area contributed by atoms with E-state index in [1.165, 1.54) is 17.5 Å². The molecule has 0 amide bonds. The van der Waals surface area contributed by atoms with Crippen LogP contribution in [0.3, 0.4) is 0 Å². The summed E-state index contributed by atoms with van der Waals surface area (Å²) >= 11 is 0. The molecule has 0 aromatic heterocycles. The molecule has 1 aromatic carbocycles. The van der Waals surface area contributed by atoms with Crippen LogP contribution in [-0.4, -0.2) is 40.5 Å². The van der Waals surface area contributed by atoms with Gasteiger partial charge in [-0.05, 0) is 62.1 Å². The number of aryl methyl sites for hydroxylation is 2. The Morgan fingerprint density at radius 1 is 1.14 bits per heavy atom. The summed E-state index contributed by atoms with van der Waals surface area (Å²) in [5.74, 6) is 0.248. The number of aliphatic hydroxyl groups excluding tert-OH is 1. The lowest BCUT2D eigenvalue weighted by Crippen LogP contribution is -2.46.